The van der Waals surface area contributed by atoms with Crippen molar-refractivity contribution in [3.8, 4) is 17.2 Å². The summed E-state index contributed by atoms with van der Waals surface area (Å²) in [4.78, 5) is 12.6. The molecule has 1 aromatic carbocycles. The Morgan fingerprint density at radius 3 is 2.59 bits per heavy atom. The van der Waals surface area contributed by atoms with Crippen molar-refractivity contribution < 1.29 is 9.47 Å². The van der Waals surface area contributed by atoms with Crippen LogP contribution in [0.5, 0.6) is 11.5 Å². The highest BCUT2D eigenvalue weighted by atomic mass is 16.5. The molecule has 0 aliphatic carbocycles. The zero-order chi connectivity index (χ0) is 18.4. The van der Waals surface area contributed by atoms with Gasteiger partial charge in [-0.05, 0) is 43.3 Å². The highest BCUT2D eigenvalue weighted by Gasteiger charge is 2.30. The molecule has 0 saturated carbocycles. The van der Waals surface area contributed by atoms with Crippen molar-refractivity contribution in [2.45, 2.75) is 19.6 Å². The monoisotopic (exact) mass is 359 g/mol. The molecule has 1 aliphatic heterocycles. The number of anilines is 1. The fourth-order valence-corrected chi connectivity index (χ4v) is 3.55. The number of aromatic nitrogens is 4. The van der Waals surface area contributed by atoms with Crippen LogP contribution in [0.2, 0.25) is 0 Å². The smallest absolute Gasteiger partial charge is 0.151 e. The Morgan fingerprint density at radius 2 is 1.81 bits per heavy atom. The molecular formula is C20H17N5O2. The van der Waals surface area contributed by atoms with E-state index in [0.717, 1.165) is 39.5 Å². The second-order valence-electron chi connectivity index (χ2n) is 6.38. The van der Waals surface area contributed by atoms with E-state index in [2.05, 4.69) is 19.5 Å². The number of pyridine rings is 1. The lowest BCUT2D eigenvalue weighted by Crippen LogP contribution is -2.03. The van der Waals surface area contributed by atoms with Crippen LogP contribution >= 0.6 is 0 Å². The van der Waals surface area contributed by atoms with Crippen LogP contribution in [0.15, 0.2) is 55.1 Å². The normalized spacial score (nSPS) is 15.8. The van der Waals surface area contributed by atoms with Gasteiger partial charge in [0.25, 0.3) is 0 Å². The number of rotatable bonds is 3. The summed E-state index contributed by atoms with van der Waals surface area (Å²) < 4.78 is 13.8. The van der Waals surface area contributed by atoms with Crippen LogP contribution in [0.3, 0.4) is 0 Å². The molecule has 0 bridgehead atoms. The van der Waals surface area contributed by atoms with Crippen LogP contribution in [-0.2, 0) is 11.3 Å². The van der Waals surface area contributed by atoms with Crippen LogP contribution < -0.4 is 10.5 Å². The lowest BCUT2D eigenvalue weighted by atomic mass is 10.1. The van der Waals surface area contributed by atoms with E-state index < -0.39 is 0 Å². The van der Waals surface area contributed by atoms with Gasteiger partial charge in [-0.25, -0.2) is 9.97 Å². The molecule has 134 valence electrons. The lowest BCUT2D eigenvalue weighted by Gasteiger charge is -2.11. The fraction of sp³-hybridized carbons (Fsp3) is 0.150. The molecule has 0 spiro atoms. The van der Waals surface area contributed by atoms with Gasteiger partial charge < -0.3 is 19.8 Å². The SMILES string of the molecule is CC1OCc2c1c1ncnc(N)c1n2-c1ccc(Oc2ccncc2)cc1. The molecule has 27 heavy (non-hydrogen) atoms. The third-order valence-corrected chi connectivity index (χ3v) is 4.77. The second kappa shape index (κ2) is 6.07. The van der Waals surface area contributed by atoms with Gasteiger partial charge in [0.2, 0.25) is 0 Å². The van der Waals surface area contributed by atoms with Crippen molar-refractivity contribution >= 4 is 16.9 Å². The molecule has 1 atom stereocenters. The first kappa shape index (κ1) is 15.8. The van der Waals surface area contributed by atoms with Gasteiger partial charge in [0.15, 0.2) is 5.82 Å². The largest absolute Gasteiger partial charge is 0.457 e. The summed E-state index contributed by atoms with van der Waals surface area (Å²) in [5, 5.41) is 0. The minimum Gasteiger partial charge on any atom is -0.457 e. The van der Waals surface area contributed by atoms with Crippen molar-refractivity contribution in [1.82, 2.24) is 19.5 Å². The fourth-order valence-electron chi connectivity index (χ4n) is 3.55. The first-order chi connectivity index (χ1) is 13.2. The van der Waals surface area contributed by atoms with Gasteiger partial charge in [0, 0.05) is 23.6 Å². The highest BCUT2D eigenvalue weighted by Crippen LogP contribution is 2.40. The average Bonchev–Trinajstić information content (AvgIpc) is 3.22. The minimum atomic E-state index is -0.0210. The maximum absolute atomic E-state index is 6.19. The Kier molecular flexibility index (Phi) is 3.54. The van der Waals surface area contributed by atoms with Gasteiger partial charge in [-0.2, -0.15) is 0 Å². The summed E-state index contributed by atoms with van der Waals surface area (Å²) in [6.07, 6.45) is 4.87. The summed E-state index contributed by atoms with van der Waals surface area (Å²) in [5.74, 6) is 1.94. The highest BCUT2D eigenvalue weighted by molar-refractivity contribution is 5.91. The first-order valence-corrected chi connectivity index (χ1v) is 8.66. The number of ether oxygens (including phenoxy) is 2. The number of hydrogen-bond donors (Lipinski definition) is 1. The van der Waals surface area contributed by atoms with Gasteiger partial charge in [0.05, 0.1) is 18.4 Å². The molecule has 0 radical (unpaired) electrons. The van der Waals surface area contributed by atoms with Crippen LogP contribution in [0, 0.1) is 0 Å². The van der Waals surface area contributed by atoms with E-state index in [1.807, 2.05) is 43.3 Å². The molecule has 3 aromatic heterocycles. The summed E-state index contributed by atoms with van der Waals surface area (Å²) in [6, 6.07) is 11.5. The molecule has 0 amide bonds. The number of benzene rings is 1. The maximum Gasteiger partial charge on any atom is 0.151 e. The average molecular weight is 359 g/mol. The summed E-state index contributed by atoms with van der Waals surface area (Å²) in [6.45, 7) is 2.54. The number of hydrogen-bond acceptors (Lipinski definition) is 6. The van der Waals surface area contributed by atoms with Crippen molar-refractivity contribution in [2.75, 3.05) is 5.73 Å². The van der Waals surface area contributed by atoms with Gasteiger partial charge in [0.1, 0.15) is 28.9 Å². The Labute approximate surface area is 155 Å². The molecule has 7 nitrogen and oxygen atoms in total. The molecule has 4 aromatic rings. The predicted molar refractivity (Wildman–Crippen MR) is 101 cm³/mol. The Balaban J connectivity index is 1.60. The predicted octanol–water partition coefficient (Wildman–Crippen LogP) is 3.78. The molecule has 1 aliphatic rings. The van der Waals surface area contributed by atoms with Crippen LogP contribution in [-0.4, -0.2) is 19.5 Å². The third kappa shape index (κ3) is 2.51. The lowest BCUT2D eigenvalue weighted by molar-refractivity contribution is 0.0783. The summed E-state index contributed by atoms with van der Waals surface area (Å²) in [5.41, 5.74) is 11.0. The molecular weight excluding hydrogens is 342 g/mol. The number of nitrogen functional groups attached to an aromatic ring is 1. The first-order valence-electron chi connectivity index (χ1n) is 8.66. The molecule has 1 unspecified atom stereocenters. The molecule has 0 saturated heterocycles. The van der Waals surface area contributed by atoms with E-state index in [-0.39, 0.29) is 6.10 Å². The molecule has 4 heterocycles. The second-order valence-corrected chi connectivity index (χ2v) is 6.38. The summed E-state index contributed by atoms with van der Waals surface area (Å²) in [7, 11) is 0. The Hall–Kier alpha value is -3.45. The maximum atomic E-state index is 6.19. The molecule has 2 N–H and O–H groups in total. The van der Waals surface area contributed by atoms with Crippen molar-refractivity contribution in [3.05, 3.63) is 66.4 Å². The van der Waals surface area contributed by atoms with E-state index in [4.69, 9.17) is 15.2 Å². The van der Waals surface area contributed by atoms with Crippen molar-refractivity contribution in [1.29, 1.82) is 0 Å². The minimum absolute atomic E-state index is 0.0210. The third-order valence-electron chi connectivity index (χ3n) is 4.77. The van der Waals surface area contributed by atoms with Crippen LogP contribution in [0.1, 0.15) is 24.3 Å². The molecule has 5 rings (SSSR count). The molecule has 0 fully saturated rings. The van der Waals surface area contributed by atoms with E-state index in [1.165, 1.54) is 6.33 Å². The van der Waals surface area contributed by atoms with Crippen LogP contribution in [0.4, 0.5) is 5.82 Å². The van der Waals surface area contributed by atoms with Gasteiger partial charge in [-0.1, -0.05) is 0 Å². The Bertz CT molecular complexity index is 1120. The van der Waals surface area contributed by atoms with Gasteiger partial charge >= 0.3 is 0 Å². The van der Waals surface area contributed by atoms with Crippen molar-refractivity contribution in [3.63, 3.8) is 0 Å². The van der Waals surface area contributed by atoms with E-state index in [9.17, 15) is 0 Å². The van der Waals surface area contributed by atoms with E-state index in [1.54, 1.807) is 12.4 Å². The summed E-state index contributed by atoms with van der Waals surface area (Å²) >= 11 is 0. The zero-order valence-corrected chi connectivity index (χ0v) is 14.7. The number of nitrogens with zero attached hydrogens (tertiary/aromatic N) is 4. The number of nitrogens with two attached hydrogens (primary N) is 1. The quantitative estimate of drug-likeness (QED) is 0.599. The zero-order valence-electron chi connectivity index (χ0n) is 14.7. The van der Waals surface area contributed by atoms with Gasteiger partial charge in [-0.3, -0.25) is 4.98 Å². The Morgan fingerprint density at radius 1 is 1.07 bits per heavy atom. The van der Waals surface area contributed by atoms with E-state index in [0.29, 0.717) is 12.4 Å². The van der Waals surface area contributed by atoms with Gasteiger partial charge in [-0.15, -0.1) is 0 Å². The standard InChI is InChI=1S/C20H17N5O2/c1-12-17-16(10-26-12)25(19-18(17)23-11-24-20(19)21)13-2-4-14(5-3-13)27-15-6-8-22-9-7-15/h2-9,11-12H,10H2,1H3,(H2,21,23,24). The topological polar surface area (TPSA) is 88.1 Å². The van der Waals surface area contributed by atoms with Crippen molar-refractivity contribution in [2.24, 2.45) is 0 Å². The molecule has 7 heteroatoms. The number of fused-ring (bicyclic) bond motifs is 3. The van der Waals surface area contributed by atoms with E-state index >= 15 is 0 Å². The van der Waals surface area contributed by atoms with Crippen LogP contribution in [0.25, 0.3) is 16.7 Å².